The first-order chi connectivity index (χ1) is 5.52. The molecule has 0 rings (SSSR count). The molecular weight excluding hydrogens is 154 g/mol. The standard InChI is InChI=1S/C9H19NO2/c1-7(2)4-3-5-8(10)6-9(11)12/h7-8H,3-6,10H2,1-2H3,(H,11,12). The van der Waals surface area contributed by atoms with Gasteiger partial charge in [-0.05, 0) is 12.3 Å². The molecule has 0 aromatic carbocycles. The van der Waals surface area contributed by atoms with Crippen LogP contribution in [-0.2, 0) is 4.79 Å². The zero-order chi connectivity index (χ0) is 9.56. The molecule has 0 saturated carbocycles. The summed E-state index contributed by atoms with van der Waals surface area (Å²) in [5.41, 5.74) is 5.58. The maximum atomic E-state index is 10.2. The van der Waals surface area contributed by atoms with Crippen LogP contribution in [0.2, 0.25) is 0 Å². The fourth-order valence-corrected chi connectivity index (χ4v) is 1.11. The molecule has 0 aliphatic heterocycles. The van der Waals surface area contributed by atoms with Crippen molar-refractivity contribution in [2.24, 2.45) is 11.7 Å². The van der Waals surface area contributed by atoms with Crippen LogP contribution in [0.4, 0.5) is 0 Å². The molecule has 0 radical (unpaired) electrons. The van der Waals surface area contributed by atoms with Crippen molar-refractivity contribution in [1.29, 1.82) is 0 Å². The number of carboxylic acids is 1. The summed E-state index contributed by atoms with van der Waals surface area (Å²) in [6.45, 7) is 4.31. The van der Waals surface area contributed by atoms with E-state index in [0.717, 1.165) is 19.3 Å². The average molecular weight is 173 g/mol. The van der Waals surface area contributed by atoms with Crippen LogP contribution in [-0.4, -0.2) is 17.1 Å². The minimum atomic E-state index is -0.799. The van der Waals surface area contributed by atoms with Crippen molar-refractivity contribution >= 4 is 5.97 Å². The highest BCUT2D eigenvalue weighted by molar-refractivity contribution is 5.67. The number of hydrogen-bond donors (Lipinski definition) is 2. The lowest BCUT2D eigenvalue weighted by molar-refractivity contribution is -0.137. The molecule has 12 heavy (non-hydrogen) atoms. The molecule has 1 unspecified atom stereocenters. The maximum absolute atomic E-state index is 10.2. The molecule has 0 aromatic heterocycles. The summed E-state index contributed by atoms with van der Waals surface area (Å²) < 4.78 is 0. The number of nitrogens with two attached hydrogens (primary N) is 1. The second-order valence-electron chi connectivity index (χ2n) is 3.68. The lowest BCUT2D eigenvalue weighted by atomic mass is 10.0. The Morgan fingerprint density at radius 2 is 2.00 bits per heavy atom. The van der Waals surface area contributed by atoms with Crippen LogP contribution in [0.5, 0.6) is 0 Å². The number of carboxylic acid groups (broad SMARTS) is 1. The minimum absolute atomic E-state index is 0.0953. The van der Waals surface area contributed by atoms with E-state index in [1.165, 1.54) is 0 Å². The Hall–Kier alpha value is -0.570. The molecular formula is C9H19NO2. The van der Waals surface area contributed by atoms with Crippen LogP contribution >= 0.6 is 0 Å². The van der Waals surface area contributed by atoms with Crippen molar-refractivity contribution in [2.75, 3.05) is 0 Å². The van der Waals surface area contributed by atoms with Gasteiger partial charge in [-0.3, -0.25) is 4.79 Å². The molecule has 0 aromatic rings. The van der Waals surface area contributed by atoms with Gasteiger partial charge < -0.3 is 10.8 Å². The van der Waals surface area contributed by atoms with E-state index in [1.54, 1.807) is 0 Å². The highest BCUT2D eigenvalue weighted by Crippen LogP contribution is 2.08. The van der Waals surface area contributed by atoms with Crippen LogP contribution in [0.25, 0.3) is 0 Å². The predicted octanol–water partition coefficient (Wildman–Crippen LogP) is 1.61. The Labute approximate surface area is 74.0 Å². The van der Waals surface area contributed by atoms with Crippen molar-refractivity contribution in [2.45, 2.75) is 45.6 Å². The third kappa shape index (κ3) is 7.54. The lowest BCUT2D eigenvalue weighted by Gasteiger charge is -2.09. The average Bonchev–Trinajstić information content (AvgIpc) is 1.84. The molecule has 0 heterocycles. The Morgan fingerprint density at radius 1 is 1.42 bits per heavy atom. The predicted molar refractivity (Wildman–Crippen MR) is 48.9 cm³/mol. The van der Waals surface area contributed by atoms with Gasteiger partial charge in [-0.2, -0.15) is 0 Å². The fourth-order valence-electron chi connectivity index (χ4n) is 1.11. The molecule has 1 atom stereocenters. The number of rotatable bonds is 6. The van der Waals surface area contributed by atoms with Gasteiger partial charge in [0, 0.05) is 6.04 Å². The van der Waals surface area contributed by atoms with Crippen LogP contribution in [0.1, 0.15) is 39.5 Å². The van der Waals surface area contributed by atoms with E-state index in [-0.39, 0.29) is 12.5 Å². The topological polar surface area (TPSA) is 63.3 Å². The van der Waals surface area contributed by atoms with Gasteiger partial charge in [-0.1, -0.05) is 26.7 Å². The Kier molecular flexibility index (Phi) is 5.72. The number of aliphatic carboxylic acids is 1. The van der Waals surface area contributed by atoms with E-state index in [9.17, 15) is 4.79 Å². The highest BCUT2D eigenvalue weighted by Gasteiger charge is 2.07. The normalized spacial score (nSPS) is 13.3. The molecule has 3 heteroatoms. The minimum Gasteiger partial charge on any atom is -0.481 e. The van der Waals surface area contributed by atoms with Crippen molar-refractivity contribution in [3.63, 3.8) is 0 Å². The van der Waals surface area contributed by atoms with E-state index in [1.807, 2.05) is 0 Å². The van der Waals surface area contributed by atoms with Crippen molar-refractivity contribution in [1.82, 2.24) is 0 Å². The largest absolute Gasteiger partial charge is 0.481 e. The molecule has 0 spiro atoms. The molecule has 72 valence electrons. The smallest absolute Gasteiger partial charge is 0.304 e. The van der Waals surface area contributed by atoms with E-state index < -0.39 is 5.97 Å². The van der Waals surface area contributed by atoms with Crippen LogP contribution in [0, 0.1) is 5.92 Å². The van der Waals surface area contributed by atoms with Gasteiger partial charge in [0.2, 0.25) is 0 Å². The van der Waals surface area contributed by atoms with E-state index >= 15 is 0 Å². The fraction of sp³-hybridized carbons (Fsp3) is 0.889. The summed E-state index contributed by atoms with van der Waals surface area (Å²) in [7, 11) is 0. The van der Waals surface area contributed by atoms with Crippen LogP contribution in [0.3, 0.4) is 0 Å². The van der Waals surface area contributed by atoms with Crippen molar-refractivity contribution < 1.29 is 9.90 Å². The first-order valence-corrected chi connectivity index (χ1v) is 4.49. The summed E-state index contributed by atoms with van der Waals surface area (Å²) in [5.74, 6) is -0.117. The van der Waals surface area contributed by atoms with Gasteiger partial charge in [-0.15, -0.1) is 0 Å². The molecule has 3 nitrogen and oxygen atoms in total. The third-order valence-corrected chi connectivity index (χ3v) is 1.79. The first-order valence-electron chi connectivity index (χ1n) is 4.49. The second kappa shape index (κ2) is 6.00. The zero-order valence-electron chi connectivity index (χ0n) is 7.92. The number of hydrogen-bond acceptors (Lipinski definition) is 2. The third-order valence-electron chi connectivity index (χ3n) is 1.79. The second-order valence-corrected chi connectivity index (χ2v) is 3.68. The number of carbonyl (C=O) groups is 1. The maximum Gasteiger partial charge on any atom is 0.304 e. The van der Waals surface area contributed by atoms with Gasteiger partial charge >= 0.3 is 5.97 Å². The highest BCUT2D eigenvalue weighted by atomic mass is 16.4. The molecule has 0 amide bonds. The Bertz CT molecular complexity index is 134. The lowest BCUT2D eigenvalue weighted by Crippen LogP contribution is -2.23. The molecule has 0 aliphatic carbocycles. The monoisotopic (exact) mass is 173 g/mol. The van der Waals surface area contributed by atoms with E-state index in [2.05, 4.69) is 13.8 Å². The van der Waals surface area contributed by atoms with Crippen LogP contribution in [0.15, 0.2) is 0 Å². The molecule has 0 saturated heterocycles. The summed E-state index contributed by atoms with van der Waals surface area (Å²) >= 11 is 0. The van der Waals surface area contributed by atoms with Gasteiger partial charge in [0.15, 0.2) is 0 Å². The molecule has 0 bridgehead atoms. The van der Waals surface area contributed by atoms with Crippen LogP contribution < -0.4 is 5.73 Å². The summed E-state index contributed by atoms with van der Waals surface area (Å²) in [6.07, 6.45) is 3.09. The quantitative estimate of drug-likeness (QED) is 0.641. The molecule has 0 fully saturated rings. The van der Waals surface area contributed by atoms with Gasteiger partial charge in [0.1, 0.15) is 0 Å². The summed E-state index contributed by atoms with van der Waals surface area (Å²) in [6, 6.07) is -0.166. The zero-order valence-corrected chi connectivity index (χ0v) is 7.92. The van der Waals surface area contributed by atoms with Crippen molar-refractivity contribution in [3.05, 3.63) is 0 Å². The van der Waals surface area contributed by atoms with Gasteiger partial charge in [0.25, 0.3) is 0 Å². The summed E-state index contributed by atoms with van der Waals surface area (Å²) in [5, 5.41) is 8.41. The van der Waals surface area contributed by atoms with Gasteiger partial charge in [0.05, 0.1) is 6.42 Å². The molecule has 3 N–H and O–H groups in total. The van der Waals surface area contributed by atoms with E-state index in [4.69, 9.17) is 10.8 Å². The van der Waals surface area contributed by atoms with E-state index in [0.29, 0.717) is 5.92 Å². The summed E-state index contributed by atoms with van der Waals surface area (Å²) in [4.78, 5) is 10.2. The SMILES string of the molecule is CC(C)CCCC(N)CC(=O)O. The molecule has 0 aliphatic rings. The Balaban J connectivity index is 3.31. The van der Waals surface area contributed by atoms with Crippen molar-refractivity contribution in [3.8, 4) is 0 Å². The van der Waals surface area contributed by atoms with Gasteiger partial charge in [-0.25, -0.2) is 0 Å². The first kappa shape index (κ1) is 11.4. The Morgan fingerprint density at radius 3 is 2.42 bits per heavy atom.